The van der Waals surface area contributed by atoms with E-state index in [2.05, 4.69) is 4.99 Å². The SMILES string of the molecule is Cc1ccc(N(Cc2ccccc2)C[C@H]2COC(N)=N2)c(F)c1. The van der Waals surface area contributed by atoms with Crippen molar-refractivity contribution in [2.75, 3.05) is 18.1 Å². The van der Waals surface area contributed by atoms with Gasteiger partial charge in [0.2, 0.25) is 0 Å². The Hall–Kier alpha value is -2.56. The largest absolute Gasteiger partial charge is 0.463 e. The molecule has 2 aromatic rings. The molecule has 0 aliphatic carbocycles. The highest BCUT2D eigenvalue weighted by molar-refractivity contribution is 5.73. The molecule has 1 atom stereocenters. The predicted molar refractivity (Wildman–Crippen MR) is 90.0 cm³/mol. The number of rotatable bonds is 5. The van der Waals surface area contributed by atoms with Crippen LogP contribution in [-0.4, -0.2) is 25.2 Å². The molecule has 0 radical (unpaired) electrons. The number of nitrogens with two attached hydrogens (primary N) is 1. The Kier molecular flexibility index (Phi) is 4.46. The molecule has 23 heavy (non-hydrogen) atoms. The molecule has 0 aromatic heterocycles. The molecule has 3 rings (SSSR count). The van der Waals surface area contributed by atoms with Gasteiger partial charge in [-0.1, -0.05) is 36.4 Å². The van der Waals surface area contributed by atoms with Crippen LogP contribution in [0.15, 0.2) is 53.5 Å². The van der Waals surface area contributed by atoms with Gasteiger partial charge in [0.15, 0.2) is 0 Å². The summed E-state index contributed by atoms with van der Waals surface area (Å²) >= 11 is 0. The van der Waals surface area contributed by atoms with E-state index < -0.39 is 0 Å². The summed E-state index contributed by atoms with van der Waals surface area (Å²) in [6, 6.07) is 15.4. The van der Waals surface area contributed by atoms with Crippen LogP contribution in [0.25, 0.3) is 0 Å². The van der Waals surface area contributed by atoms with Gasteiger partial charge in [0, 0.05) is 13.1 Å². The molecule has 0 bridgehead atoms. The average molecular weight is 313 g/mol. The van der Waals surface area contributed by atoms with E-state index in [0.29, 0.717) is 25.4 Å². The maximum Gasteiger partial charge on any atom is 0.282 e. The molecule has 5 heteroatoms. The smallest absolute Gasteiger partial charge is 0.282 e. The third-order valence-electron chi connectivity index (χ3n) is 3.82. The average Bonchev–Trinajstić information content (AvgIpc) is 2.93. The predicted octanol–water partition coefficient (Wildman–Crippen LogP) is 2.85. The van der Waals surface area contributed by atoms with Crippen molar-refractivity contribution >= 4 is 11.7 Å². The van der Waals surface area contributed by atoms with Crippen LogP contribution in [0.4, 0.5) is 10.1 Å². The van der Waals surface area contributed by atoms with Gasteiger partial charge in [-0.25, -0.2) is 9.38 Å². The van der Waals surface area contributed by atoms with Crippen molar-refractivity contribution in [2.45, 2.75) is 19.5 Å². The molecule has 0 fully saturated rings. The van der Waals surface area contributed by atoms with Crippen LogP contribution in [0.1, 0.15) is 11.1 Å². The monoisotopic (exact) mass is 313 g/mol. The first-order chi connectivity index (χ1) is 11.1. The molecule has 2 N–H and O–H groups in total. The maximum atomic E-state index is 14.4. The zero-order valence-electron chi connectivity index (χ0n) is 13.1. The highest BCUT2D eigenvalue weighted by Gasteiger charge is 2.22. The standard InChI is InChI=1S/C18H20FN3O/c1-13-7-8-17(16(19)9-13)22(10-14-5-3-2-4-6-14)11-15-12-23-18(20)21-15/h2-9,15H,10-12H2,1H3,(H2,20,21)/t15-/m0/s1. The first-order valence-corrected chi connectivity index (χ1v) is 7.63. The van der Waals surface area contributed by atoms with Gasteiger partial charge >= 0.3 is 0 Å². The van der Waals surface area contributed by atoms with Crippen molar-refractivity contribution in [1.29, 1.82) is 0 Å². The van der Waals surface area contributed by atoms with Gasteiger partial charge in [0.1, 0.15) is 18.5 Å². The zero-order valence-corrected chi connectivity index (χ0v) is 13.1. The number of aryl methyl sites for hydroxylation is 1. The Bertz CT molecular complexity index is 703. The maximum absolute atomic E-state index is 14.4. The zero-order chi connectivity index (χ0) is 16.2. The Balaban J connectivity index is 1.86. The summed E-state index contributed by atoms with van der Waals surface area (Å²) in [4.78, 5) is 6.24. The quantitative estimate of drug-likeness (QED) is 0.923. The van der Waals surface area contributed by atoms with Gasteiger partial charge in [-0.2, -0.15) is 0 Å². The van der Waals surface area contributed by atoms with Crippen LogP contribution in [-0.2, 0) is 11.3 Å². The normalized spacial score (nSPS) is 16.8. The van der Waals surface area contributed by atoms with E-state index in [0.717, 1.165) is 11.1 Å². The number of ether oxygens (including phenoxy) is 1. The fourth-order valence-corrected chi connectivity index (χ4v) is 2.70. The summed E-state index contributed by atoms with van der Waals surface area (Å²) < 4.78 is 19.6. The van der Waals surface area contributed by atoms with Crippen molar-refractivity contribution in [3.05, 3.63) is 65.5 Å². The fourth-order valence-electron chi connectivity index (χ4n) is 2.70. The summed E-state index contributed by atoms with van der Waals surface area (Å²) in [6.45, 7) is 3.47. The van der Waals surface area contributed by atoms with E-state index in [1.165, 1.54) is 0 Å². The summed E-state index contributed by atoms with van der Waals surface area (Å²) in [7, 11) is 0. The van der Waals surface area contributed by atoms with Crippen LogP contribution in [0, 0.1) is 12.7 Å². The highest BCUT2D eigenvalue weighted by Crippen LogP contribution is 2.23. The van der Waals surface area contributed by atoms with Crippen LogP contribution in [0.2, 0.25) is 0 Å². The molecule has 0 unspecified atom stereocenters. The number of nitrogens with zero attached hydrogens (tertiary/aromatic N) is 2. The summed E-state index contributed by atoms with van der Waals surface area (Å²) in [5, 5.41) is 0. The van der Waals surface area contributed by atoms with Crippen molar-refractivity contribution in [3.8, 4) is 0 Å². The van der Waals surface area contributed by atoms with Gasteiger partial charge in [0.25, 0.3) is 6.02 Å². The van der Waals surface area contributed by atoms with E-state index in [-0.39, 0.29) is 17.9 Å². The van der Waals surface area contributed by atoms with Gasteiger partial charge < -0.3 is 15.4 Å². The van der Waals surface area contributed by atoms with Crippen LogP contribution in [0.5, 0.6) is 0 Å². The first kappa shape index (κ1) is 15.3. The third kappa shape index (κ3) is 3.80. The molecular formula is C18H20FN3O. The second kappa shape index (κ2) is 6.69. The van der Waals surface area contributed by atoms with Crippen LogP contribution in [0.3, 0.4) is 0 Å². The minimum Gasteiger partial charge on any atom is -0.463 e. The Morgan fingerprint density at radius 3 is 2.70 bits per heavy atom. The molecular weight excluding hydrogens is 293 g/mol. The lowest BCUT2D eigenvalue weighted by Crippen LogP contribution is -2.32. The lowest BCUT2D eigenvalue weighted by molar-refractivity contribution is 0.313. The van der Waals surface area contributed by atoms with Crippen molar-refractivity contribution < 1.29 is 9.13 Å². The molecule has 1 aliphatic heterocycles. The van der Waals surface area contributed by atoms with Gasteiger partial charge in [0.05, 0.1) is 5.69 Å². The fraction of sp³-hybridized carbons (Fsp3) is 0.278. The molecule has 0 amide bonds. The second-order valence-corrected chi connectivity index (χ2v) is 5.75. The molecule has 120 valence electrons. The van der Waals surface area contributed by atoms with Gasteiger partial charge in [-0.15, -0.1) is 0 Å². The van der Waals surface area contributed by atoms with Gasteiger partial charge in [-0.05, 0) is 30.2 Å². The lowest BCUT2D eigenvalue weighted by atomic mass is 10.1. The second-order valence-electron chi connectivity index (χ2n) is 5.75. The Labute approximate surface area is 135 Å². The van der Waals surface area contributed by atoms with E-state index in [1.807, 2.05) is 54.3 Å². The highest BCUT2D eigenvalue weighted by atomic mass is 19.1. The number of amidine groups is 1. The van der Waals surface area contributed by atoms with Crippen LogP contribution >= 0.6 is 0 Å². The molecule has 4 nitrogen and oxygen atoms in total. The van der Waals surface area contributed by atoms with E-state index in [1.54, 1.807) is 6.07 Å². The minimum atomic E-state index is -0.225. The number of hydrogen-bond acceptors (Lipinski definition) is 4. The third-order valence-corrected chi connectivity index (χ3v) is 3.82. The molecule has 0 spiro atoms. The summed E-state index contributed by atoms with van der Waals surface area (Å²) in [6.07, 6.45) is 0. The Morgan fingerprint density at radius 2 is 2.04 bits per heavy atom. The van der Waals surface area contributed by atoms with Crippen molar-refractivity contribution in [3.63, 3.8) is 0 Å². The van der Waals surface area contributed by atoms with Crippen LogP contribution < -0.4 is 10.6 Å². The molecule has 1 heterocycles. The molecule has 0 saturated carbocycles. The number of aliphatic imine (C=N–C) groups is 1. The first-order valence-electron chi connectivity index (χ1n) is 7.63. The van der Waals surface area contributed by atoms with E-state index in [9.17, 15) is 4.39 Å². The molecule has 1 aliphatic rings. The molecule has 2 aromatic carbocycles. The van der Waals surface area contributed by atoms with E-state index >= 15 is 0 Å². The summed E-state index contributed by atoms with van der Waals surface area (Å²) in [5.41, 5.74) is 8.16. The summed E-state index contributed by atoms with van der Waals surface area (Å²) in [5.74, 6) is -0.225. The minimum absolute atomic E-state index is 0.0839. The molecule has 0 saturated heterocycles. The van der Waals surface area contributed by atoms with Gasteiger partial charge in [-0.3, -0.25) is 0 Å². The van der Waals surface area contributed by atoms with Crippen molar-refractivity contribution in [1.82, 2.24) is 0 Å². The van der Waals surface area contributed by atoms with Crippen molar-refractivity contribution in [2.24, 2.45) is 10.7 Å². The number of anilines is 1. The lowest BCUT2D eigenvalue weighted by Gasteiger charge is -2.27. The number of hydrogen-bond donors (Lipinski definition) is 1. The Morgan fingerprint density at radius 1 is 1.26 bits per heavy atom. The number of halogens is 1. The number of benzene rings is 2. The topological polar surface area (TPSA) is 50.9 Å². The van der Waals surface area contributed by atoms with E-state index in [4.69, 9.17) is 10.5 Å².